The van der Waals surface area contributed by atoms with E-state index in [1.165, 1.54) is 12.3 Å². The van der Waals surface area contributed by atoms with Gasteiger partial charge in [0.05, 0.1) is 23.6 Å². The number of hydrogen-bond acceptors (Lipinski definition) is 3. The van der Waals surface area contributed by atoms with Crippen LogP contribution in [0, 0.1) is 5.92 Å². The van der Waals surface area contributed by atoms with Crippen molar-refractivity contribution < 1.29 is 4.79 Å². The molecule has 6 nitrogen and oxygen atoms in total. The third-order valence-electron chi connectivity index (χ3n) is 2.90. The Morgan fingerprint density at radius 2 is 2.29 bits per heavy atom. The molecular weight excluding hydrogens is 292 g/mol. The molecule has 2 heterocycles. The second-order valence-corrected chi connectivity index (χ2v) is 5.61. The van der Waals surface area contributed by atoms with Crippen LogP contribution in [0.1, 0.15) is 29.9 Å². The van der Waals surface area contributed by atoms with Gasteiger partial charge in [0.2, 0.25) is 0 Å². The third kappa shape index (κ3) is 3.95. The van der Waals surface area contributed by atoms with Crippen molar-refractivity contribution in [2.24, 2.45) is 5.92 Å². The highest BCUT2D eigenvalue weighted by Crippen LogP contribution is 2.07. The van der Waals surface area contributed by atoms with Crippen molar-refractivity contribution in [1.82, 2.24) is 19.9 Å². The molecule has 0 aliphatic rings. The molecule has 0 saturated heterocycles. The molecule has 0 aliphatic carbocycles. The highest BCUT2D eigenvalue weighted by atomic mass is 35.5. The fourth-order valence-corrected chi connectivity index (χ4v) is 2.11. The van der Waals surface area contributed by atoms with Gasteiger partial charge in [-0.25, -0.2) is 4.98 Å². The second-order valence-electron chi connectivity index (χ2n) is 5.17. The van der Waals surface area contributed by atoms with Crippen LogP contribution >= 0.6 is 11.6 Å². The van der Waals surface area contributed by atoms with E-state index in [1.54, 1.807) is 12.5 Å². The number of carbonyl (C=O) groups is 1. The average molecular weight is 309 g/mol. The van der Waals surface area contributed by atoms with Crippen LogP contribution in [0.5, 0.6) is 0 Å². The Morgan fingerprint density at radius 3 is 3.00 bits per heavy atom. The smallest absolute Gasteiger partial charge is 0.260 e. The summed E-state index contributed by atoms with van der Waals surface area (Å²) in [7, 11) is 0. The first-order valence-electron chi connectivity index (χ1n) is 6.63. The molecule has 2 N–H and O–H groups in total. The molecule has 1 amide bonds. The summed E-state index contributed by atoms with van der Waals surface area (Å²) < 4.78 is 1.98. The summed E-state index contributed by atoms with van der Waals surface area (Å²) in [6.45, 7) is 5.34. The van der Waals surface area contributed by atoms with Crippen LogP contribution in [-0.4, -0.2) is 20.4 Å². The topological polar surface area (TPSA) is 79.8 Å². The standard InChI is InChI=1S/C14H17ClN4O2/c1-9(2)7-19-8-16-5-11(19)6-18-14(21)12-3-10(15)4-17-13(12)20/h3-5,8-9H,6-7H2,1-2H3,(H,17,20)(H,18,21). The molecule has 21 heavy (non-hydrogen) atoms. The Kier molecular flexibility index (Phi) is 4.80. The van der Waals surface area contributed by atoms with E-state index in [9.17, 15) is 9.59 Å². The SMILES string of the molecule is CC(C)Cn1cncc1CNC(=O)c1cc(Cl)c[nH]c1=O. The lowest BCUT2D eigenvalue weighted by Crippen LogP contribution is -2.29. The van der Waals surface area contributed by atoms with Gasteiger partial charge in [0.1, 0.15) is 5.56 Å². The van der Waals surface area contributed by atoms with E-state index in [1.807, 2.05) is 4.57 Å². The summed E-state index contributed by atoms with van der Waals surface area (Å²) >= 11 is 5.78. The highest BCUT2D eigenvalue weighted by Gasteiger charge is 2.12. The summed E-state index contributed by atoms with van der Waals surface area (Å²) in [4.78, 5) is 30.1. The van der Waals surface area contributed by atoms with Crippen molar-refractivity contribution >= 4 is 17.5 Å². The van der Waals surface area contributed by atoms with E-state index < -0.39 is 11.5 Å². The summed E-state index contributed by atoms with van der Waals surface area (Å²) in [6.07, 6.45) is 4.77. The van der Waals surface area contributed by atoms with E-state index >= 15 is 0 Å². The number of pyridine rings is 1. The summed E-state index contributed by atoms with van der Waals surface area (Å²) in [6, 6.07) is 1.35. The maximum absolute atomic E-state index is 12.0. The maximum Gasteiger partial charge on any atom is 0.260 e. The zero-order valence-corrected chi connectivity index (χ0v) is 12.6. The molecule has 0 aliphatic heterocycles. The Morgan fingerprint density at radius 1 is 1.52 bits per heavy atom. The molecule has 0 radical (unpaired) electrons. The summed E-state index contributed by atoms with van der Waals surface area (Å²) in [5, 5.41) is 3.01. The quantitative estimate of drug-likeness (QED) is 0.884. The van der Waals surface area contributed by atoms with Crippen molar-refractivity contribution in [1.29, 1.82) is 0 Å². The van der Waals surface area contributed by atoms with Gasteiger partial charge in [-0.1, -0.05) is 25.4 Å². The van der Waals surface area contributed by atoms with Crippen molar-refractivity contribution in [2.45, 2.75) is 26.9 Å². The molecular formula is C14H17ClN4O2. The van der Waals surface area contributed by atoms with E-state index in [-0.39, 0.29) is 5.56 Å². The van der Waals surface area contributed by atoms with E-state index in [0.29, 0.717) is 17.5 Å². The minimum Gasteiger partial charge on any atom is -0.346 e. The predicted molar refractivity (Wildman–Crippen MR) is 80.3 cm³/mol. The Balaban J connectivity index is 2.06. The number of H-pyrrole nitrogens is 1. The molecule has 0 unspecified atom stereocenters. The van der Waals surface area contributed by atoms with E-state index in [4.69, 9.17) is 11.6 Å². The first kappa shape index (κ1) is 15.3. The van der Waals surface area contributed by atoms with Crippen molar-refractivity contribution in [2.75, 3.05) is 0 Å². The van der Waals surface area contributed by atoms with Gasteiger partial charge < -0.3 is 14.9 Å². The van der Waals surface area contributed by atoms with Crippen molar-refractivity contribution in [3.05, 3.63) is 51.4 Å². The number of nitrogens with zero attached hydrogens (tertiary/aromatic N) is 2. The number of carbonyl (C=O) groups excluding carboxylic acids is 1. The molecule has 2 aromatic heterocycles. The summed E-state index contributed by atoms with van der Waals surface area (Å²) in [5.74, 6) is 0.0143. The molecule has 112 valence electrons. The number of halogens is 1. The highest BCUT2D eigenvalue weighted by molar-refractivity contribution is 6.30. The van der Waals surface area contributed by atoms with Gasteiger partial charge in [-0.05, 0) is 12.0 Å². The van der Waals surface area contributed by atoms with Gasteiger partial charge in [0.15, 0.2) is 0 Å². The predicted octanol–water partition coefficient (Wildman–Crippen LogP) is 1.81. The van der Waals surface area contributed by atoms with Crippen molar-refractivity contribution in [3.8, 4) is 0 Å². The molecule has 0 spiro atoms. The fraction of sp³-hybridized carbons (Fsp3) is 0.357. The Bertz CT molecular complexity index is 690. The van der Waals surface area contributed by atoms with Gasteiger partial charge in [0, 0.05) is 18.9 Å². The van der Waals surface area contributed by atoms with Gasteiger partial charge >= 0.3 is 0 Å². The van der Waals surface area contributed by atoms with Gasteiger partial charge in [-0.3, -0.25) is 9.59 Å². The van der Waals surface area contributed by atoms with Gasteiger partial charge in [0.25, 0.3) is 11.5 Å². The Labute approximate surface area is 127 Å². The first-order chi connectivity index (χ1) is 9.97. The number of amides is 1. The molecule has 0 aromatic carbocycles. The monoisotopic (exact) mass is 308 g/mol. The van der Waals surface area contributed by atoms with Gasteiger partial charge in [-0.15, -0.1) is 0 Å². The van der Waals surface area contributed by atoms with Crippen LogP contribution in [0.2, 0.25) is 5.02 Å². The summed E-state index contributed by atoms with van der Waals surface area (Å²) in [5.41, 5.74) is 0.417. The maximum atomic E-state index is 12.0. The molecule has 2 aromatic rings. The Hall–Kier alpha value is -2.08. The minimum absolute atomic E-state index is 0.00238. The zero-order chi connectivity index (χ0) is 15.4. The molecule has 7 heteroatoms. The first-order valence-corrected chi connectivity index (χ1v) is 7.00. The number of imidazole rings is 1. The van der Waals surface area contributed by atoms with Crippen LogP contribution in [-0.2, 0) is 13.1 Å². The van der Waals surface area contributed by atoms with Crippen LogP contribution in [0.15, 0.2) is 29.6 Å². The zero-order valence-electron chi connectivity index (χ0n) is 11.9. The lowest BCUT2D eigenvalue weighted by Gasteiger charge is -2.11. The number of rotatable bonds is 5. The van der Waals surface area contributed by atoms with Crippen LogP contribution < -0.4 is 10.9 Å². The molecule has 2 rings (SSSR count). The van der Waals surface area contributed by atoms with Crippen molar-refractivity contribution in [3.63, 3.8) is 0 Å². The van der Waals surface area contributed by atoms with Crippen LogP contribution in [0.25, 0.3) is 0 Å². The number of aromatic amines is 1. The molecule has 0 bridgehead atoms. The lowest BCUT2D eigenvalue weighted by molar-refractivity contribution is 0.0948. The van der Waals surface area contributed by atoms with E-state index in [2.05, 4.69) is 29.1 Å². The fourth-order valence-electron chi connectivity index (χ4n) is 1.95. The molecule has 0 atom stereocenters. The van der Waals surface area contributed by atoms with Gasteiger partial charge in [-0.2, -0.15) is 0 Å². The van der Waals surface area contributed by atoms with Crippen LogP contribution in [0.3, 0.4) is 0 Å². The second kappa shape index (κ2) is 6.58. The molecule has 0 fully saturated rings. The number of hydrogen-bond donors (Lipinski definition) is 2. The third-order valence-corrected chi connectivity index (χ3v) is 3.12. The number of nitrogens with one attached hydrogen (secondary N) is 2. The number of aromatic nitrogens is 3. The lowest BCUT2D eigenvalue weighted by atomic mass is 10.2. The van der Waals surface area contributed by atoms with Crippen LogP contribution in [0.4, 0.5) is 0 Å². The largest absolute Gasteiger partial charge is 0.346 e. The van der Waals surface area contributed by atoms with E-state index in [0.717, 1.165) is 12.2 Å². The minimum atomic E-state index is -0.465. The normalized spacial score (nSPS) is 10.9. The molecule has 0 saturated carbocycles. The average Bonchev–Trinajstić information content (AvgIpc) is 2.85.